The number of thioether (sulfide) groups is 1. The van der Waals surface area contributed by atoms with Gasteiger partial charge in [0.25, 0.3) is 5.91 Å². The number of carbonyl (C=O) groups excluding carboxylic acids is 2. The first-order valence-corrected chi connectivity index (χ1v) is 9.75. The molecule has 0 spiro atoms. The van der Waals surface area contributed by atoms with Gasteiger partial charge in [0.2, 0.25) is 0 Å². The number of anilines is 1. The zero-order valence-electron chi connectivity index (χ0n) is 14.9. The molecule has 0 saturated carbocycles. The van der Waals surface area contributed by atoms with Gasteiger partial charge in [-0.15, -0.1) is 0 Å². The van der Waals surface area contributed by atoms with E-state index >= 15 is 0 Å². The Morgan fingerprint density at radius 1 is 1.04 bits per heavy atom. The van der Waals surface area contributed by atoms with E-state index in [2.05, 4.69) is 0 Å². The number of benzene rings is 3. The molecule has 0 unspecified atom stereocenters. The van der Waals surface area contributed by atoms with E-state index in [4.69, 9.17) is 17.0 Å². The molecule has 1 heterocycles. The van der Waals surface area contributed by atoms with Crippen LogP contribution >= 0.6 is 24.0 Å². The molecule has 4 rings (SSSR count). The summed E-state index contributed by atoms with van der Waals surface area (Å²) in [5.74, 6) is -0.544. The summed E-state index contributed by atoms with van der Waals surface area (Å²) in [6.45, 7) is 0. The molecule has 1 saturated heterocycles. The molecule has 1 aliphatic heterocycles. The van der Waals surface area contributed by atoms with Crippen molar-refractivity contribution in [2.24, 2.45) is 0 Å². The Kier molecular flexibility index (Phi) is 4.98. The first kappa shape index (κ1) is 18.4. The van der Waals surface area contributed by atoms with Gasteiger partial charge in [0.1, 0.15) is 0 Å². The van der Waals surface area contributed by atoms with Gasteiger partial charge in [0.05, 0.1) is 23.3 Å². The number of fused-ring (bicyclic) bond motifs is 1. The highest BCUT2D eigenvalue weighted by atomic mass is 32.2. The Balaban J connectivity index is 1.67. The third-order valence-corrected chi connectivity index (χ3v) is 5.73. The van der Waals surface area contributed by atoms with Crippen LogP contribution in [0.5, 0.6) is 0 Å². The minimum Gasteiger partial charge on any atom is -0.465 e. The zero-order valence-corrected chi connectivity index (χ0v) is 16.5. The Labute approximate surface area is 171 Å². The smallest absolute Gasteiger partial charge is 0.337 e. The summed E-state index contributed by atoms with van der Waals surface area (Å²) in [4.78, 5) is 26.7. The second kappa shape index (κ2) is 7.58. The Bertz CT molecular complexity index is 1130. The van der Waals surface area contributed by atoms with Crippen molar-refractivity contribution < 1.29 is 14.3 Å². The monoisotopic (exact) mass is 405 g/mol. The molecule has 1 aliphatic rings. The van der Waals surface area contributed by atoms with Gasteiger partial charge in [-0.2, -0.15) is 0 Å². The molecular formula is C22H15NO3S2. The van der Waals surface area contributed by atoms with Crippen LogP contribution in [0.25, 0.3) is 16.8 Å². The Morgan fingerprint density at radius 3 is 2.50 bits per heavy atom. The molecule has 6 heteroatoms. The molecule has 0 radical (unpaired) electrons. The first-order valence-electron chi connectivity index (χ1n) is 8.52. The maximum Gasteiger partial charge on any atom is 0.337 e. The number of ether oxygens (including phenoxy) is 1. The third kappa shape index (κ3) is 3.32. The molecule has 3 aromatic carbocycles. The van der Waals surface area contributed by atoms with Crippen molar-refractivity contribution in [1.82, 2.24) is 0 Å². The lowest BCUT2D eigenvalue weighted by atomic mass is 10.1. The molecule has 1 fully saturated rings. The lowest BCUT2D eigenvalue weighted by molar-refractivity contribution is -0.113. The number of esters is 1. The molecule has 3 aromatic rings. The average Bonchev–Trinajstić information content (AvgIpc) is 3.00. The van der Waals surface area contributed by atoms with Crippen LogP contribution in [-0.4, -0.2) is 23.3 Å². The van der Waals surface area contributed by atoms with Crippen molar-refractivity contribution in [2.75, 3.05) is 12.0 Å². The molecule has 0 N–H and O–H groups in total. The average molecular weight is 406 g/mol. The standard InChI is InChI=1S/C22H15NO3S2/c1-26-21(25)16-11-9-14(10-12-16)13-19-20(24)23(22(27)28-19)18-8-4-6-15-5-2-3-7-17(15)18/h2-13H,1H3. The quantitative estimate of drug-likeness (QED) is 0.347. The summed E-state index contributed by atoms with van der Waals surface area (Å²) in [7, 11) is 1.34. The van der Waals surface area contributed by atoms with E-state index in [0.29, 0.717) is 14.8 Å². The fraction of sp³-hybridized carbons (Fsp3) is 0.0455. The molecule has 0 atom stereocenters. The molecule has 0 bridgehead atoms. The van der Waals surface area contributed by atoms with Crippen LogP contribution in [0.2, 0.25) is 0 Å². The topological polar surface area (TPSA) is 46.6 Å². The van der Waals surface area contributed by atoms with Gasteiger partial charge in [-0.3, -0.25) is 9.69 Å². The molecule has 4 nitrogen and oxygen atoms in total. The number of amides is 1. The minimum absolute atomic E-state index is 0.150. The fourth-order valence-corrected chi connectivity index (χ4v) is 4.35. The molecular weight excluding hydrogens is 390 g/mol. The van der Waals surface area contributed by atoms with Crippen LogP contribution < -0.4 is 4.90 Å². The normalized spacial score (nSPS) is 15.5. The Hall–Kier alpha value is -2.96. The van der Waals surface area contributed by atoms with E-state index in [0.717, 1.165) is 22.0 Å². The number of thiocarbonyl (C=S) groups is 1. The van der Waals surface area contributed by atoms with Crippen molar-refractivity contribution in [3.63, 3.8) is 0 Å². The number of rotatable bonds is 3. The summed E-state index contributed by atoms with van der Waals surface area (Å²) in [6.07, 6.45) is 1.78. The summed E-state index contributed by atoms with van der Waals surface area (Å²) in [5, 5.41) is 2.03. The largest absolute Gasteiger partial charge is 0.465 e. The fourth-order valence-electron chi connectivity index (χ4n) is 3.06. The van der Waals surface area contributed by atoms with Gasteiger partial charge in [-0.05, 0) is 35.2 Å². The van der Waals surface area contributed by atoms with Crippen molar-refractivity contribution >= 4 is 62.7 Å². The summed E-state index contributed by atoms with van der Waals surface area (Å²) < 4.78 is 5.20. The zero-order chi connectivity index (χ0) is 19.7. The van der Waals surface area contributed by atoms with Gasteiger partial charge in [0.15, 0.2) is 4.32 Å². The van der Waals surface area contributed by atoms with Crippen molar-refractivity contribution in [1.29, 1.82) is 0 Å². The highest BCUT2D eigenvalue weighted by Gasteiger charge is 2.34. The van der Waals surface area contributed by atoms with E-state index < -0.39 is 5.97 Å². The van der Waals surface area contributed by atoms with Crippen LogP contribution in [0.1, 0.15) is 15.9 Å². The van der Waals surface area contributed by atoms with Crippen LogP contribution in [0.3, 0.4) is 0 Å². The lowest BCUT2D eigenvalue weighted by Crippen LogP contribution is -2.27. The highest BCUT2D eigenvalue weighted by Crippen LogP contribution is 2.38. The van der Waals surface area contributed by atoms with Gasteiger partial charge in [0, 0.05) is 5.39 Å². The van der Waals surface area contributed by atoms with Crippen molar-refractivity contribution in [2.45, 2.75) is 0 Å². The van der Waals surface area contributed by atoms with Gasteiger partial charge < -0.3 is 4.74 Å². The van der Waals surface area contributed by atoms with E-state index in [1.54, 1.807) is 35.2 Å². The van der Waals surface area contributed by atoms with Crippen LogP contribution in [0.15, 0.2) is 71.6 Å². The SMILES string of the molecule is COC(=O)c1ccc(C=C2SC(=S)N(c3cccc4ccccc34)C2=O)cc1. The molecule has 1 amide bonds. The van der Waals surface area contributed by atoms with E-state index in [1.807, 2.05) is 42.5 Å². The number of nitrogens with zero attached hydrogens (tertiary/aromatic N) is 1. The Morgan fingerprint density at radius 2 is 1.75 bits per heavy atom. The van der Waals surface area contributed by atoms with E-state index in [-0.39, 0.29) is 5.91 Å². The lowest BCUT2D eigenvalue weighted by Gasteiger charge is -2.17. The third-order valence-electron chi connectivity index (χ3n) is 4.43. The van der Waals surface area contributed by atoms with Crippen molar-refractivity contribution in [3.05, 3.63) is 82.8 Å². The molecule has 138 valence electrons. The van der Waals surface area contributed by atoms with Crippen molar-refractivity contribution in [3.8, 4) is 0 Å². The second-order valence-electron chi connectivity index (χ2n) is 6.13. The van der Waals surface area contributed by atoms with Crippen LogP contribution in [0, 0.1) is 0 Å². The number of hydrogen-bond donors (Lipinski definition) is 0. The minimum atomic E-state index is -0.395. The molecule has 0 aromatic heterocycles. The van der Waals surface area contributed by atoms with Gasteiger partial charge in [-0.25, -0.2) is 4.79 Å². The predicted molar refractivity (Wildman–Crippen MR) is 117 cm³/mol. The predicted octanol–water partition coefficient (Wildman–Crippen LogP) is 5.03. The van der Waals surface area contributed by atoms with Crippen LogP contribution in [-0.2, 0) is 9.53 Å². The summed E-state index contributed by atoms with van der Waals surface area (Å²) >= 11 is 6.76. The van der Waals surface area contributed by atoms with E-state index in [1.165, 1.54) is 18.9 Å². The first-order chi connectivity index (χ1) is 13.6. The molecule has 28 heavy (non-hydrogen) atoms. The van der Waals surface area contributed by atoms with Gasteiger partial charge in [-0.1, -0.05) is 72.5 Å². The second-order valence-corrected chi connectivity index (χ2v) is 7.80. The summed E-state index contributed by atoms with van der Waals surface area (Å²) in [6, 6.07) is 20.6. The van der Waals surface area contributed by atoms with Crippen LogP contribution in [0.4, 0.5) is 5.69 Å². The van der Waals surface area contributed by atoms with E-state index in [9.17, 15) is 9.59 Å². The number of carbonyl (C=O) groups is 2. The maximum atomic E-state index is 13.1. The maximum absolute atomic E-state index is 13.1. The summed E-state index contributed by atoms with van der Waals surface area (Å²) in [5.41, 5.74) is 2.05. The molecule has 0 aliphatic carbocycles. The highest BCUT2D eigenvalue weighted by molar-refractivity contribution is 8.27. The number of hydrogen-bond acceptors (Lipinski definition) is 5. The van der Waals surface area contributed by atoms with Gasteiger partial charge >= 0.3 is 5.97 Å². The number of methoxy groups -OCH3 is 1.